The molecule has 0 fully saturated rings. The molecule has 2 aromatic heterocycles. The van der Waals surface area contributed by atoms with Crippen molar-refractivity contribution in [3.05, 3.63) is 64.0 Å². The number of hydrogen-bond acceptors (Lipinski definition) is 6. The van der Waals surface area contributed by atoms with E-state index in [0.29, 0.717) is 10.6 Å². The fourth-order valence-electron chi connectivity index (χ4n) is 3.37. The van der Waals surface area contributed by atoms with Crippen molar-refractivity contribution < 1.29 is 27.9 Å². The molecule has 1 aliphatic rings. The fourth-order valence-corrected chi connectivity index (χ4v) is 4.68. The van der Waals surface area contributed by atoms with E-state index in [1.54, 1.807) is 12.1 Å². The molecule has 0 spiro atoms. The molecule has 9 heteroatoms. The number of primary amides is 1. The molecule has 2 heterocycles. The third kappa shape index (κ3) is 3.84. The Morgan fingerprint density at radius 3 is 2.73 bits per heavy atom. The maximum atomic E-state index is 13.8. The third-order valence-corrected chi connectivity index (χ3v) is 5.91. The standard InChI is InChI=1S/C21H17FN2O5S/c22-13-6-2-1-4-11(13)14-8-9-15(29-14)21(27)28-10-17(25)24-20-18(19(23)26)12-5-3-7-16(12)30-20/h1-2,4,6,8-9H,3,5,7,10H2,(H2,23,26)(H,24,25). The summed E-state index contributed by atoms with van der Waals surface area (Å²) < 4.78 is 24.2. The molecule has 1 aliphatic carbocycles. The minimum Gasteiger partial charge on any atom is -0.450 e. The number of amides is 2. The molecule has 0 aliphatic heterocycles. The Kier molecular flexibility index (Phi) is 5.37. The highest BCUT2D eigenvalue weighted by Gasteiger charge is 2.26. The van der Waals surface area contributed by atoms with Gasteiger partial charge < -0.3 is 20.2 Å². The van der Waals surface area contributed by atoms with Gasteiger partial charge >= 0.3 is 5.97 Å². The Labute approximate surface area is 174 Å². The van der Waals surface area contributed by atoms with Crippen molar-refractivity contribution in [3.8, 4) is 11.3 Å². The van der Waals surface area contributed by atoms with E-state index in [2.05, 4.69) is 5.32 Å². The second-order valence-corrected chi connectivity index (χ2v) is 7.80. The predicted molar refractivity (Wildman–Crippen MR) is 108 cm³/mol. The Morgan fingerprint density at radius 1 is 1.17 bits per heavy atom. The third-order valence-electron chi connectivity index (χ3n) is 4.70. The highest BCUT2D eigenvalue weighted by molar-refractivity contribution is 7.17. The number of hydrogen-bond donors (Lipinski definition) is 2. The van der Waals surface area contributed by atoms with E-state index in [-0.39, 0.29) is 17.1 Å². The first-order chi connectivity index (χ1) is 14.4. The first-order valence-electron chi connectivity index (χ1n) is 9.20. The Hall–Kier alpha value is -3.46. The first-order valence-corrected chi connectivity index (χ1v) is 10.0. The Morgan fingerprint density at radius 2 is 1.97 bits per heavy atom. The van der Waals surface area contributed by atoms with Crippen molar-refractivity contribution in [1.82, 2.24) is 0 Å². The van der Waals surface area contributed by atoms with E-state index < -0.39 is 30.2 Å². The predicted octanol–water partition coefficient (Wildman–Crippen LogP) is 3.53. The number of carbonyl (C=O) groups is 3. The highest BCUT2D eigenvalue weighted by Crippen LogP contribution is 2.38. The van der Waals surface area contributed by atoms with Gasteiger partial charge in [0.25, 0.3) is 11.8 Å². The summed E-state index contributed by atoms with van der Waals surface area (Å²) in [7, 11) is 0. The zero-order valence-corrected chi connectivity index (χ0v) is 16.5. The van der Waals surface area contributed by atoms with Crippen LogP contribution in [-0.4, -0.2) is 24.4 Å². The topological polar surface area (TPSA) is 112 Å². The normalized spacial score (nSPS) is 12.4. The molecule has 4 rings (SSSR count). The molecule has 0 bridgehead atoms. The number of esters is 1. The number of fused-ring (bicyclic) bond motifs is 1. The average molecular weight is 428 g/mol. The minimum atomic E-state index is -0.864. The van der Waals surface area contributed by atoms with Gasteiger partial charge in [-0.15, -0.1) is 11.3 Å². The molecule has 0 radical (unpaired) electrons. The van der Waals surface area contributed by atoms with Crippen LogP contribution < -0.4 is 11.1 Å². The first kappa shape index (κ1) is 19.8. The summed E-state index contributed by atoms with van der Waals surface area (Å²) in [5.41, 5.74) is 6.88. The van der Waals surface area contributed by atoms with Crippen LogP contribution >= 0.6 is 11.3 Å². The van der Waals surface area contributed by atoms with E-state index in [1.807, 2.05) is 0 Å². The number of rotatable bonds is 6. The molecular formula is C21H17FN2O5S. The molecule has 3 aromatic rings. The maximum Gasteiger partial charge on any atom is 0.374 e. The second kappa shape index (κ2) is 8.11. The molecule has 7 nitrogen and oxygen atoms in total. The number of ether oxygens (including phenoxy) is 1. The van der Waals surface area contributed by atoms with E-state index in [4.69, 9.17) is 14.9 Å². The summed E-state index contributed by atoms with van der Waals surface area (Å²) >= 11 is 1.31. The average Bonchev–Trinajstić information content (AvgIpc) is 3.42. The summed E-state index contributed by atoms with van der Waals surface area (Å²) in [6.07, 6.45) is 2.54. The SMILES string of the molecule is NC(=O)c1c(NC(=O)COC(=O)c2ccc(-c3ccccc3F)o2)sc2c1CCC2. The fraction of sp³-hybridized carbons (Fsp3) is 0.190. The molecule has 154 valence electrons. The summed E-state index contributed by atoms with van der Waals surface area (Å²) in [4.78, 5) is 37.2. The highest BCUT2D eigenvalue weighted by atomic mass is 32.1. The van der Waals surface area contributed by atoms with Crippen molar-refractivity contribution in [3.63, 3.8) is 0 Å². The molecule has 0 saturated heterocycles. The number of nitrogens with one attached hydrogen (secondary N) is 1. The summed E-state index contributed by atoms with van der Waals surface area (Å²) in [6, 6.07) is 8.77. The minimum absolute atomic E-state index is 0.158. The lowest BCUT2D eigenvalue weighted by Crippen LogP contribution is -2.22. The summed E-state index contributed by atoms with van der Waals surface area (Å²) in [5.74, 6) is -2.54. The quantitative estimate of drug-likeness (QED) is 0.584. The molecule has 30 heavy (non-hydrogen) atoms. The van der Waals surface area contributed by atoms with Crippen LogP contribution in [0.5, 0.6) is 0 Å². The lowest BCUT2D eigenvalue weighted by atomic mass is 10.1. The van der Waals surface area contributed by atoms with Crippen LogP contribution in [0.3, 0.4) is 0 Å². The van der Waals surface area contributed by atoms with Crippen LogP contribution in [0, 0.1) is 5.82 Å². The lowest BCUT2D eigenvalue weighted by molar-refractivity contribution is -0.119. The largest absolute Gasteiger partial charge is 0.450 e. The van der Waals surface area contributed by atoms with E-state index in [1.165, 1.54) is 35.6 Å². The van der Waals surface area contributed by atoms with Gasteiger partial charge in [0.15, 0.2) is 6.61 Å². The molecule has 1 aromatic carbocycles. The van der Waals surface area contributed by atoms with Gasteiger partial charge in [0.2, 0.25) is 5.76 Å². The number of thiophene rings is 1. The number of nitrogens with two attached hydrogens (primary N) is 1. The van der Waals surface area contributed by atoms with Crippen molar-refractivity contribution in [1.29, 1.82) is 0 Å². The number of carbonyl (C=O) groups excluding carboxylic acids is 3. The Balaban J connectivity index is 1.39. The molecule has 0 atom stereocenters. The van der Waals surface area contributed by atoms with E-state index in [9.17, 15) is 18.8 Å². The lowest BCUT2D eigenvalue weighted by Gasteiger charge is -2.06. The van der Waals surface area contributed by atoms with Gasteiger partial charge in [-0.05, 0) is 49.1 Å². The van der Waals surface area contributed by atoms with Crippen LogP contribution in [-0.2, 0) is 22.4 Å². The number of aryl methyl sites for hydroxylation is 1. The van der Waals surface area contributed by atoms with Gasteiger partial charge in [-0.25, -0.2) is 9.18 Å². The maximum absolute atomic E-state index is 13.8. The van der Waals surface area contributed by atoms with Crippen LogP contribution in [0.4, 0.5) is 9.39 Å². The molecule has 3 N–H and O–H groups in total. The van der Waals surface area contributed by atoms with Gasteiger partial charge in [-0.1, -0.05) is 12.1 Å². The van der Waals surface area contributed by atoms with Crippen LogP contribution in [0.2, 0.25) is 0 Å². The van der Waals surface area contributed by atoms with Crippen LogP contribution in [0.25, 0.3) is 11.3 Å². The molecule has 2 amide bonds. The van der Waals surface area contributed by atoms with Crippen LogP contribution in [0.1, 0.15) is 37.8 Å². The summed E-state index contributed by atoms with van der Waals surface area (Å²) in [5, 5.41) is 2.96. The number of anilines is 1. The van der Waals surface area contributed by atoms with E-state index in [0.717, 1.165) is 29.7 Å². The van der Waals surface area contributed by atoms with Gasteiger partial charge in [0.05, 0.1) is 11.1 Å². The van der Waals surface area contributed by atoms with E-state index >= 15 is 0 Å². The second-order valence-electron chi connectivity index (χ2n) is 6.69. The molecular weight excluding hydrogens is 411 g/mol. The number of halogens is 1. The summed E-state index contributed by atoms with van der Waals surface area (Å²) in [6.45, 7) is -0.574. The monoisotopic (exact) mass is 428 g/mol. The molecule has 0 saturated carbocycles. The Bertz CT molecular complexity index is 1150. The van der Waals surface area contributed by atoms with Crippen LogP contribution in [0.15, 0.2) is 40.8 Å². The zero-order valence-electron chi connectivity index (χ0n) is 15.7. The van der Waals surface area contributed by atoms with Crippen molar-refractivity contribution in [2.45, 2.75) is 19.3 Å². The smallest absolute Gasteiger partial charge is 0.374 e. The number of furan rings is 1. The van der Waals surface area contributed by atoms with Crippen molar-refractivity contribution in [2.24, 2.45) is 5.73 Å². The van der Waals surface area contributed by atoms with Gasteiger partial charge in [0, 0.05) is 4.88 Å². The molecule has 0 unspecified atom stereocenters. The zero-order chi connectivity index (χ0) is 21.3. The van der Waals surface area contributed by atoms with Crippen molar-refractivity contribution in [2.75, 3.05) is 11.9 Å². The van der Waals surface area contributed by atoms with Gasteiger partial charge in [0.1, 0.15) is 16.6 Å². The van der Waals surface area contributed by atoms with Crippen molar-refractivity contribution >= 4 is 34.1 Å². The van der Waals surface area contributed by atoms with Gasteiger partial charge in [-0.2, -0.15) is 0 Å². The number of benzene rings is 1. The van der Waals surface area contributed by atoms with Gasteiger partial charge in [-0.3, -0.25) is 9.59 Å².